The van der Waals surface area contributed by atoms with Gasteiger partial charge in [0.15, 0.2) is 17.3 Å². The van der Waals surface area contributed by atoms with Crippen molar-refractivity contribution in [3.05, 3.63) is 93.1 Å². The van der Waals surface area contributed by atoms with Crippen LogP contribution < -0.4 is 0 Å². The Morgan fingerprint density at radius 3 is 2.13 bits per heavy atom. The Morgan fingerprint density at radius 1 is 0.897 bits per heavy atom. The quantitative estimate of drug-likeness (QED) is 0.335. The van der Waals surface area contributed by atoms with Crippen molar-refractivity contribution in [1.82, 2.24) is 0 Å². The van der Waals surface area contributed by atoms with Gasteiger partial charge in [-0.3, -0.25) is 19.2 Å². The zero-order valence-corrected chi connectivity index (χ0v) is 19.8. The van der Waals surface area contributed by atoms with Gasteiger partial charge in [-0.25, -0.2) is 9.59 Å². The molecule has 11 nitrogen and oxygen atoms in total. The van der Waals surface area contributed by atoms with E-state index in [0.29, 0.717) is 6.08 Å². The summed E-state index contributed by atoms with van der Waals surface area (Å²) >= 11 is 0. The fourth-order valence-corrected chi connectivity index (χ4v) is 5.29. The maximum Gasteiger partial charge on any atom is 0.339 e. The molecule has 2 aromatic rings. The highest BCUT2D eigenvalue weighted by molar-refractivity contribution is 6.30. The van der Waals surface area contributed by atoms with Gasteiger partial charge in [0.05, 0.1) is 29.0 Å². The highest BCUT2D eigenvalue weighted by atomic mass is 16.5. The zero-order valence-electron chi connectivity index (χ0n) is 19.8. The van der Waals surface area contributed by atoms with Crippen LogP contribution in [0.1, 0.15) is 54.3 Å². The molecule has 1 aliphatic heterocycles. The van der Waals surface area contributed by atoms with E-state index in [4.69, 9.17) is 4.74 Å². The van der Waals surface area contributed by atoms with Crippen molar-refractivity contribution in [2.45, 2.75) is 18.9 Å². The SMILES string of the molecule is O=C(O)C=CC1=C2C(=O)c3c(O)cccc3C(=O)OC(CC(=O)O)CC2=C2C(=O)c3c(O)cccc3C(=O)C12. The number of carboxylic acids is 2. The van der Waals surface area contributed by atoms with Crippen molar-refractivity contribution in [1.29, 1.82) is 0 Å². The van der Waals surface area contributed by atoms with Crippen LogP contribution in [-0.2, 0) is 14.3 Å². The number of rotatable bonds is 4. The number of aromatic hydroxyl groups is 2. The molecular weight excluding hydrogens is 512 g/mol. The van der Waals surface area contributed by atoms with Gasteiger partial charge in [0.1, 0.15) is 17.6 Å². The standard InChI is InChI=1S/C28H18O11/c29-16-5-1-3-13-21(16)27(37)24-15-9-11(10-19(33)34)39-28(38)14-4-2-6-17(30)22(14)26(36)20(15)12(7-8-18(31)32)23(24)25(13)35/h1-8,11,23,29-30H,9-10H2,(H,31,32)(H,33,34). The number of esters is 1. The van der Waals surface area contributed by atoms with E-state index in [1.807, 2.05) is 0 Å². The molecule has 196 valence electrons. The van der Waals surface area contributed by atoms with Gasteiger partial charge in [-0.1, -0.05) is 18.2 Å². The average Bonchev–Trinajstić information content (AvgIpc) is 3.19. The summed E-state index contributed by atoms with van der Waals surface area (Å²) in [5, 5.41) is 39.8. The highest BCUT2D eigenvalue weighted by Gasteiger charge is 2.49. The normalized spacial score (nSPS) is 20.5. The van der Waals surface area contributed by atoms with Crippen molar-refractivity contribution in [2.75, 3.05) is 0 Å². The first-order valence-corrected chi connectivity index (χ1v) is 11.6. The van der Waals surface area contributed by atoms with Crippen molar-refractivity contribution >= 4 is 35.3 Å². The molecule has 11 heteroatoms. The van der Waals surface area contributed by atoms with Crippen LogP contribution in [-0.4, -0.2) is 61.8 Å². The fourth-order valence-electron chi connectivity index (χ4n) is 5.29. The summed E-state index contributed by atoms with van der Waals surface area (Å²) in [5.74, 6) is -9.01. The van der Waals surface area contributed by atoms with E-state index in [0.717, 1.165) is 12.1 Å². The van der Waals surface area contributed by atoms with Crippen LogP contribution in [0.3, 0.4) is 0 Å². The van der Waals surface area contributed by atoms with Crippen LogP contribution in [0.4, 0.5) is 0 Å². The minimum Gasteiger partial charge on any atom is -0.507 e. The molecule has 4 N–H and O–H groups in total. The Kier molecular flexibility index (Phi) is 5.98. The van der Waals surface area contributed by atoms with E-state index in [9.17, 15) is 49.2 Å². The molecule has 0 aromatic heterocycles. The Morgan fingerprint density at radius 2 is 1.51 bits per heavy atom. The van der Waals surface area contributed by atoms with Crippen molar-refractivity contribution in [3.63, 3.8) is 0 Å². The number of aliphatic carboxylic acids is 2. The number of hydrogen-bond acceptors (Lipinski definition) is 9. The van der Waals surface area contributed by atoms with Crippen LogP contribution in [0.5, 0.6) is 11.5 Å². The number of hydrogen-bond donors (Lipinski definition) is 4. The Balaban J connectivity index is 1.88. The van der Waals surface area contributed by atoms with E-state index < -0.39 is 77.2 Å². The second kappa shape index (κ2) is 9.21. The first-order chi connectivity index (χ1) is 18.5. The van der Waals surface area contributed by atoms with Gasteiger partial charge >= 0.3 is 17.9 Å². The smallest absolute Gasteiger partial charge is 0.339 e. The van der Waals surface area contributed by atoms with Gasteiger partial charge in [-0.15, -0.1) is 0 Å². The van der Waals surface area contributed by atoms with E-state index >= 15 is 0 Å². The molecule has 1 heterocycles. The number of cyclic esters (lactones) is 1. The van der Waals surface area contributed by atoms with Gasteiger partial charge in [-0.05, 0) is 35.4 Å². The molecule has 0 saturated carbocycles. The van der Waals surface area contributed by atoms with Crippen LogP contribution >= 0.6 is 0 Å². The third-order valence-electron chi connectivity index (χ3n) is 6.79. The zero-order chi connectivity index (χ0) is 28.2. The molecule has 2 unspecified atom stereocenters. The molecule has 5 rings (SSSR count). The third kappa shape index (κ3) is 4.00. The first-order valence-electron chi connectivity index (χ1n) is 11.6. The summed E-state index contributed by atoms with van der Waals surface area (Å²) in [7, 11) is 0. The van der Waals surface area contributed by atoms with Crippen molar-refractivity contribution in [3.8, 4) is 11.5 Å². The van der Waals surface area contributed by atoms with E-state index in [-0.39, 0.29) is 39.0 Å². The highest BCUT2D eigenvalue weighted by Crippen LogP contribution is 2.50. The lowest BCUT2D eigenvalue weighted by molar-refractivity contribution is -0.139. The van der Waals surface area contributed by atoms with Crippen molar-refractivity contribution in [2.24, 2.45) is 5.92 Å². The molecule has 2 aromatic carbocycles. The predicted octanol–water partition coefficient (Wildman–Crippen LogP) is 2.63. The number of fused-ring (bicyclic) bond motifs is 4. The predicted molar refractivity (Wildman–Crippen MR) is 130 cm³/mol. The number of ether oxygens (including phenoxy) is 1. The molecule has 2 atom stereocenters. The van der Waals surface area contributed by atoms with Crippen LogP contribution in [0.25, 0.3) is 0 Å². The maximum atomic E-state index is 14.0. The van der Waals surface area contributed by atoms with Gasteiger partial charge < -0.3 is 25.2 Å². The molecule has 0 fully saturated rings. The second-order valence-corrected chi connectivity index (χ2v) is 9.08. The average molecular weight is 530 g/mol. The van der Waals surface area contributed by atoms with Crippen molar-refractivity contribution < 1.29 is 53.9 Å². The minimum absolute atomic E-state index is 0.141. The summed E-state index contributed by atoms with van der Waals surface area (Å²) in [6.07, 6.45) is -0.982. The summed E-state index contributed by atoms with van der Waals surface area (Å²) in [6, 6.07) is 7.44. The number of ketones is 3. The van der Waals surface area contributed by atoms with Crippen LogP contribution in [0, 0.1) is 5.92 Å². The molecule has 0 radical (unpaired) electrons. The molecule has 39 heavy (non-hydrogen) atoms. The third-order valence-corrected chi connectivity index (χ3v) is 6.79. The largest absolute Gasteiger partial charge is 0.507 e. The molecule has 3 aliphatic rings. The second-order valence-electron chi connectivity index (χ2n) is 9.08. The summed E-state index contributed by atoms with van der Waals surface area (Å²) in [4.78, 5) is 77.5. The van der Waals surface area contributed by atoms with E-state index in [1.54, 1.807) is 0 Å². The lowest BCUT2D eigenvalue weighted by Crippen LogP contribution is -2.30. The number of carbonyl (C=O) groups excluding carboxylic acids is 4. The molecule has 0 bridgehead atoms. The molecule has 2 aliphatic carbocycles. The van der Waals surface area contributed by atoms with Gasteiger partial charge in [0, 0.05) is 29.2 Å². The summed E-state index contributed by atoms with van der Waals surface area (Å²) < 4.78 is 5.39. The van der Waals surface area contributed by atoms with E-state index in [2.05, 4.69) is 0 Å². The summed E-state index contributed by atoms with van der Waals surface area (Å²) in [6.45, 7) is 0. The number of phenols is 2. The minimum atomic E-state index is -1.47. The maximum absolute atomic E-state index is 14.0. The van der Waals surface area contributed by atoms with Gasteiger partial charge in [-0.2, -0.15) is 0 Å². The van der Waals surface area contributed by atoms with Crippen LogP contribution in [0.2, 0.25) is 0 Å². The van der Waals surface area contributed by atoms with Gasteiger partial charge in [0.2, 0.25) is 0 Å². The topological polar surface area (TPSA) is 193 Å². The molecular formula is C28H18O11. The number of Topliss-reactive ketones (excluding diaryl/α,β-unsaturated/α-hetero) is 3. The first kappa shape index (κ1) is 25.3. The Bertz CT molecular complexity index is 1640. The lowest BCUT2D eigenvalue weighted by Gasteiger charge is -2.25. The Labute approximate surface area is 219 Å². The number of carbonyl (C=O) groups is 6. The molecule has 0 saturated heterocycles. The molecule has 0 amide bonds. The number of carboxylic acid groups (broad SMARTS) is 2. The lowest BCUT2D eigenvalue weighted by atomic mass is 9.75. The number of benzene rings is 2. The summed E-state index contributed by atoms with van der Waals surface area (Å²) in [5.41, 5.74) is -2.31. The van der Waals surface area contributed by atoms with Crippen LogP contribution in [0.15, 0.2) is 70.8 Å². The molecule has 0 spiro atoms. The Hall–Kier alpha value is -5.32. The number of allylic oxidation sites excluding steroid dienone is 4. The number of phenolic OH excluding ortho intramolecular Hbond substituents is 2. The monoisotopic (exact) mass is 530 g/mol. The van der Waals surface area contributed by atoms with Gasteiger partial charge in [0.25, 0.3) is 0 Å². The fraction of sp³-hybridized carbons (Fsp3) is 0.143. The van der Waals surface area contributed by atoms with E-state index in [1.165, 1.54) is 30.3 Å².